The highest BCUT2D eigenvalue weighted by Crippen LogP contribution is 2.18. The summed E-state index contributed by atoms with van der Waals surface area (Å²) in [5.74, 6) is 0.544. The molecular formula is C10H18N4O3. The minimum Gasteiger partial charge on any atom is -0.408 e. The SMILES string of the molecule is CC1CN(c2nnc(CCN)o2)CC(CO)O1. The summed E-state index contributed by atoms with van der Waals surface area (Å²) in [6, 6.07) is 0.474. The molecule has 1 saturated heterocycles. The molecule has 1 aliphatic heterocycles. The fourth-order valence-electron chi connectivity index (χ4n) is 1.90. The Kier molecular flexibility index (Phi) is 3.93. The van der Waals surface area contributed by atoms with Gasteiger partial charge in [-0.1, -0.05) is 5.10 Å². The van der Waals surface area contributed by atoms with Crippen LogP contribution >= 0.6 is 0 Å². The second-order valence-corrected chi connectivity index (χ2v) is 4.17. The number of nitrogens with zero attached hydrogens (tertiary/aromatic N) is 3. The summed E-state index contributed by atoms with van der Waals surface area (Å²) in [4.78, 5) is 1.93. The average Bonchev–Trinajstić information content (AvgIpc) is 2.77. The first-order valence-corrected chi connectivity index (χ1v) is 5.76. The molecule has 17 heavy (non-hydrogen) atoms. The molecule has 0 amide bonds. The standard InChI is InChI=1S/C10H18N4O3/c1-7-4-14(5-8(6-15)16-7)10-13-12-9(17-10)2-3-11/h7-8,15H,2-6,11H2,1H3. The lowest BCUT2D eigenvalue weighted by Crippen LogP contribution is -2.48. The summed E-state index contributed by atoms with van der Waals surface area (Å²) in [7, 11) is 0. The zero-order valence-electron chi connectivity index (χ0n) is 9.87. The van der Waals surface area contributed by atoms with E-state index >= 15 is 0 Å². The van der Waals surface area contributed by atoms with Crippen molar-refractivity contribution in [3.63, 3.8) is 0 Å². The maximum absolute atomic E-state index is 9.13. The highest BCUT2D eigenvalue weighted by molar-refractivity contribution is 5.25. The highest BCUT2D eigenvalue weighted by atomic mass is 16.5. The second-order valence-electron chi connectivity index (χ2n) is 4.17. The summed E-state index contributed by atoms with van der Waals surface area (Å²) in [6.45, 7) is 3.67. The summed E-state index contributed by atoms with van der Waals surface area (Å²) < 4.78 is 11.0. The molecule has 3 N–H and O–H groups in total. The molecule has 1 aromatic rings. The van der Waals surface area contributed by atoms with Gasteiger partial charge in [-0.2, -0.15) is 0 Å². The monoisotopic (exact) mass is 242 g/mol. The van der Waals surface area contributed by atoms with Crippen molar-refractivity contribution in [2.75, 3.05) is 31.1 Å². The number of anilines is 1. The van der Waals surface area contributed by atoms with E-state index in [-0.39, 0.29) is 18.8 Å². The lowest BCUT2D eigenvalue weighted by molar-refractivity contribution is -0.0432. The van der Waals surface area contributed by atoms with Crippen molar-refractivity contribution in [1.29, 1.82) is 0 Å². The van der Waals surface area contributed by atoms with Gasteiger partial charge < -0.3 is 24.9 Å². The summed E-state index contributed by atoms with van der Waals surface area (Å²) >= 11 is 0. The molecule has 0 saturated carbocycles. The maximum atomic E-state index is 9.13. The lowest BCUT2D eigenvalue weighted by Gasteiger charge is -2.34. The number of hydrogen-bond donors (Lipinski definition) is 2. The van der Waals surface area contributed by atoms with Crippen LogP contribution < -0.4 is 10.6 Å². The van der Waals surface area contributed by atoms with Crippen LogP contribution in [-0.2, 0) is 11.2 Å². The number of morpholine rings is 1. The first-order valence-electron chi connectivity index (χ1n) is 5.76. The number of hydrogen-bond acceptors (Lipinski definition) is 7. The third kappa shape index (κ3) is 2.93. The summed E-state index contributed by atoms with van der Waals surface area (Å²) in [6.07, 6.45) is 0.408. The Balaban J connectivity index is 2.04. The van der Waals surface area contributed by atoms with E-state index in [0.717, 1.165) is 0 Å². The van der Waals surface area contributed by atoms with Crippen molar-refractivity contribution < 1.29 is 14.3 Å². The van der Waals surface area contributed by atoms with Crippen LogP contribution in [0.3, 0.4) is 0 Å². The van der Waals surface area contributed by atoms with Gasteiger partial charge in [0.2, 0.25) is 5.89 Å². The van der Waals surface area contributed by atoms with Gasteiger partial charge in [0, 0.05) is 19.5 Å². The molecule has 96 valence electrons. The van der Waals surface area contributed by atoms with Gasteiger partial charge in [-0.15, -0.1) is 5.10 Å². The third-order valence-corrected chi connectivity index (χ3v) is 2.61. The molecule has 2 atom stereocenters. The van der Waals surface area contributed by atoms with E-state index < -0.39 is 0 Å². The van der Waals surface area contributed by atoms with Crippen molar-refractivity contribution in [2.45, 2.75) is 25.6 Å². The first-order chi connectivity index (χ1) is 8.22. The van der Waals surface area contributed by atoms with Crippen LogP contribution in [0.5, 0.6) is 0 Å². The quantitative estimate of drug-likeness (QED) is 0.710. The average molecular weight is 242 g/mol. The predicted molar refractivity (Wildman–Crippen MR) is 60.7 cm³/mol. The van der Waals surface area contributed by atoms with E-state index in [0.29, 0.717) is 38.0 Å². The van der Waals surface area contributed by atoms with Gasteiger partial charge in [-0.05, 0) is 6.92 Å². The molecule has 1 fully saturated rings. The number of aromatic nitrogens is 2. The molecule has 1 aliphatic rings. The fourth-order valence-corrected chi connectivity index (χ4v) is 1.90. The van der Waals surface area contributed by atoms with E-state index in [9.17, 15) is 0 Å². The fraction of sp³-hybridized carbons (Fsp3) is 0.800. The zero-order chi connectivity index (χ0) is 12.3. The van der Waals surface area contributed by atoms with Gasteiger partial charge in [0.25, 0.3) is 0 Å². The maximum Gasteiger partial charge on any atom is 0.318 e. The van der Waals surface area contributed by atoms with Crippen molar-refractivity contribution >= 4 is 6.01 Å². The second kappa shape index (κ2) is 5.44. The number of rotatable bonds is 4. The van der Waals surface area contributed by atoms with Crippen LogP contribution in [0, 0.1) is 0 Å². The van der Waals surface area contributed by atoms with E-state index in [1.54, 1.807) is 0 Å². The van der Waals surface area contributed by atoms with E-state index in [1.807, 2.05) is 11.8 Å². The van der Waals surface area contributed by atoms with Crippen molar-refractivity contribution in [3.05, 3.63) is 5.89 Å². The van der Waals surface area contributed by atoms with Crippen LogP contribution in [0.25, 0.3) is 0 Å². The minimum atomic E-state index is -0.205. The van der Waals surface area contributed by atoms with Crippen molar-refractivity contribution in [1.82, 2.24) is 10.2 Å². The smallest absolute Gasteiger partial charge is 0.318 e. The Morgan fingerprint density at radius 3 is 3.00 bits per heavy atom. The van der Waals surface area contributed by atoms with Crippen molar-refractivity contribution in [2.24, 2.45) is 5.73 Å². The minimum absolute atomic E-state index is 0.00929. The summed E-state index contributed by atoms with van der Waals surface area (Å²) in [5, 5.41) is 17.0. The van der Waals surface area contributed by atoms with Crippen LogP contribution in [0.15, 0.2) is 4.42 Å². The molecule has 7 heteroatoms. The Bertz CT molecular complexity index is 357. The third-order valence-electron chi connectivity index (χ3n) is 2.61. The van der Waals surface area contributed by atoms with Gasteiger partial charge >= 0.3 is 6.01 Å². The molecule has 0 aliphatic carbocycles. The van der Waals surface area contributed by atoms with Gasteiger partial charge in [-0.3, -0.25) is 0 Å². The molecule has 0 spiro atoms. The van der Waals surface area contributed by atoms with Crippen LogP contribution in [0.4, 0.5) is 6.01 Å². The Hall–Kier alpha value is -1.18. The number of aliphatic hydroxyl groups excluding tert-OH is 1. The molecule has 2 rings (SSSR count). The molecule has 2 heterocycles. The van der Waals surface area contributed by atoms with Crippen LogP contribution in [0.2, 0.25) is 0 Å². The number of ether oxygens (including phenoxy) is 1. The van der Waals surface area contributed by atoms with Gasteiger partial charge in [0.15, 0.2) is 0 Å². The summed E-state index contributed by atoms with van der Waals surface area (Å²) in [5.41, 5.74) is 5.42. The largest absolute Gasteiger partial charge is 0.408 e. The predicted octanol–water partition coefficient (Wildman–Crippen LogP) is -0.843. The normalized spacial score (nSPS) is 25.2. The lowest BCUT2D eigenvalue weighted by atomic mass is 10.2. The molecule has 1 aromatic heterocycles. The molecule has 2 unspecified atom stereocenters. The molecule has 0 radical (unpaired) electrons. The Labute approximate surface area is 99.6 Å². The number of aliphatic hydroxyl groups is 1. The van der Waals surface area contributed by atoms with Crippen LogP contribution in [0.1, 0.15) is 12.8 Å². The van der Waals surface area contributed by atoms with Gasteiger partial charge in [0.05, 0.1) is 25.4 Å². The Morgan fingerprint density at radius 2 is 2.29 bits per heavy atom. The van der Waals surface area contributed by atoms with Gasteiger partial charge in [-0.25, -0.2) is 0 Å². The van der Waals surface area contributed by atoms with E-state index in [1.165, 1.54) is 0 Å². The molecular weight excluding hydrogens is 224 g/mol. The molecule has 0 aromatic carbocycles. The topological polar surface area (TPSA) is 97.6 Å². The number of nitrogens with two attached hydrogens (primary N) is 1. The van der Waals surface area contributed by atoms with Gasteiger partial charge in [0.1, 0.15) is 0 Å². The van der Waals surface area contributed by atoms with E-state index in [4.69, 9.17) is 20.0 Å². The highest BCUT2D eigenvalue weighted by Gasteiger charge is 2.27. The Morgan fingerprint density at radius 1 is 1.47 bits per heavy atom. The molecule has 7 nitrogen and oxygen atoms in total. The van der Waals surface area contributed by atoms with Crippen LogP contribution in [-0.4, -0.2) is 53.8 Å². The van der Waals surface area contributed by atoms with Crippen molar-refractivity contribution in [3.8, 4) is 0 Å². The zero-order valence-corrected chi connectivity index (χ0v) is 9.87. The first kappa shape index (κ1) is 12.3. The van der Waals surface area contributed by atoms with E-state index in [2.05, 4.69) is 10.2 Å². The molecule has 0 bridgehead atoms.